The van der Waals surface area contributed by atoms with Gasteiger partial charge >= 0.3 is 0 Å². The molecule has 0 aromatic carbocycles. The summed E-state index contributed by atoms with van der Waals surface area (Å²) in [5.74, 6) is -0.132. The smallest absolute Gasteiger partial charge is 0.239 e. The molecule has 0 spiro atoms. The summed E-state index contributed by atoms with van der Waals surface area (Å²) in [7, 11) is 1.65. The number of carbonyl (C=O) groups is 2. The summed E-state index contributed by atoms with van der Waals surface area (Å²) in [5, 5.41) is 2.75. The Morgan fingerprint density at radius 1 is 1.44 bits per heavy atom. The average Bonchev–Trinajstić information content (AvgIpc) is 2.95. The third kappa shape index (κ3) is 2.95. The number of nitrogens with one attached hydrogen (secondary N) is 1. The van der Waals surface area contributed by atoms with Crippen molar-refractivity contribution in [3.05, 3.63) is 0 Å². The zero-order chi connectivity index (χ0) is 12.3. The van der Waals surface area contributed by atoms with Gasteiger partial charge in [0, 0.05) is 19.6 Å². The Hall–Kier alpha value is -1.10. The molecule has 0 saturated heterocycles. The van der Waals surface area contributed by atoms with Gasteiger partial charge in [0.1, 0.15) is 0 Å². The largest absolute Gasteiger partial charge is 0.352 e. The van der Waals surface area contributed by atoms with Crippen molar-refractivity contribution in [1.82, 2.24) is 10.2 Å². The van der Waals surface area contributed by atoms with Crippen LogP contribution in [0.2, 0.25) is 0 Å². The van der Waals surface area contributed by atoms with Gasteiger partial charge in [-0.3, -0.25) is 9.59 Å². The number of likely N-dealkylation sites (N-methyl/N-ethyl adjacent to an activating group) is 1. The fourth-order valence-electron chi connectivity index (χ4n) is 1.72. The first kappa shape index (κ1) is 13.0. The van der Waals surface area contributed by atoms with Crippen molar-refractivity contribution in [2.45, 2.75) is 32.7 Å². The standard InChI is InChI=1S/C11H21N3O2/c1-8(2)13-9(15)6-14(3)10(16)11(7-12)4-5-11/h8H,4-7,12H2,1-3H3,(H,13,15). The van der Waals surface area contributed by atoms with Crippen LogP contribution in [0.1, 0.15) is 26.7 Å². The molecule has 0 heterocycles. The van der Waals surface area contributed by atoms with Crippen molar-refractivity contribution in [2.24, 2.45) is 11.1 Å². The van der Waals surface area contributed by atoms with Gasteiger partial charge in [-0.15, -0.1) is 0 Å². The maximum Gasteiger partial charge on any atom is 0.239 e. The van der Waals surface area contributed by atoms with E-state index in [1.165, 1.54) is 4.90 Å². The van der Waals surface area contributed by atoms with E-state index in [9.17, 15) is 9.59 Å². The van der Waals surface area contributed by atoms with Crippen LogP contribution >= 0.6 is 0 Å². The number of nitrogens with two attached hydrogens (primary N) is 1. The van der Waals surface area contributed by atoms with Crippen LogP contribution in [0.25, 0.3) is 0 Å². The van der Waals surface area contributed by atoms with Gasteiger partial charge < -0.3 is 16.0 Å². The van der Waals surface area contributed by atoms with Crippen molar-refractivity contribution in [3.8, 4) is 0 Å². The van der Waals surface area contributed by atoms with Crippen molar-refractivity contribution >= 4 is 11.8 Å². The van der Waals surface area contributed by atoms with Gasteiger partial charge in [-0.25, -0.2) is 0 Å². The Morgan fingerprint density at radius 3 is 2.38 bits per heavy atom. The number of amides is 2. The Labute approximate surface area is 96.4 Å². The summed E-state index contributed by atoms with van der Waals surface area (Å²) in [5.41, 5.74) is 5.20. The Morgan fingerprint density at radius 2 is 2.00 bits per heavy atom. The molecule has 0 aromatic heterocycles. The lowest BCUT2D eigenvalue weighted by molar-refractivity contribution is -0.139. The minimum atomic E-state index is -0.368. The fourth-order valence-corrected chi connectivity index (χ4v) is 1.72. The lowest BCUT2D eigenvalue weighted by Gasteiger charge is -2.22. The SMILES string of the molecule is CC(C)NC(=O)CN(C)C(=O)C1(CN)CC1. The van der Waals surface area contributed by atoms with Crippen molar-refractivity contribution in [1.29, 1.82) is 0 Å². The normalized spacial score (nSPS) is 17.1. The minimum Gasteiger partial charge on any atom is -0.352 e. The number of hydrogen-bond donors (Lipinski definition) is 2. The maximum absolute atomic E-state index is 11.9. The molecule has 16 heavy (non-hydrogen) atoms. The van der Waals surface area contributed by atoms with Gasteiger partial charge in [-0.1, -0.05) is 0 Å². The number of carbonyl (C=O) groups excluding carboxylic acids is 2. The second-order valence-corrected chi connectivity index (χ2v) is 4.87. The van der Waals surface area contributed by atoms with Gasteiger partial charge in [0.05, 0.1) is 12.0 Å². The molecule has 1 rings (SSSR count). The van der Waals surface area contributed by atoms with E-state index in [0.717, 1.165) is 12.8 Å². The van der Waals surface area contributed by atoms with Gasteiger partial charge in [-0.05, 0) is 26.7 Å². The Kier molecular flexibility index (Phi) is 3.91. The van der Waals surface area contributed by atoms with E-state index < -0.39 is 0 Å². The molecule has 0 aromatic rings. The molecule has 2 amide bonds. The maximum atomic E-state index is 11.9. The highest BCUT2D eigenvalue weighted by atomic mass is 16.2. The molecule has 1 aliphatic rings. The van der Waals surface area contributed by atoms with Gasteiger partial charge in [-0.2, -0.15) is 0 Å². The lowest BCUT2D eigenvalue weighted by Crippen LogP contribution is -2.44. The van der Waals surface area contributed by atoms with E-state index in [1.54, 1.807) is 7.05 Å². The molecule has 0 unspecified atom stereocenters. The first-order valence-corrected chi connectivity index (χ1v) is 5.66. The molecule has 0 aliphatic heterocycles. The molecule has 5 nitrogen and oxygen atoms in total. The molecule has 1 fully saturated rings. The van der Waals surface area contributed by atoms with Crippen LogP contribution in [0.5, 0.6) is 0 Å². The lowest BCUT2D eigenvalue weighted by atomic mass is 10.1. The Bertz CT molecular complexity index is 285. The minimum absolute atomic E-state index is 0.00564. The summed E-state index contributed by atoms with van der Waals surface area (Å²) in [4.78, 5) is 24.9. The van der Waals surface area contributed by atoms with Crippen LogP contribution in [-0.2, 0) is 9.59 Å². The quantitative estimate of drug-likeness (QED) is 0.677. The molecule has 3 N–H and O–H groups in total. The topological polar surface area (TPSA) is 75.4 Å². The van der Waals surface area contributed by atoms with Crippen LogP contribution in [-0.4, -0.2) is 42.9 Å². The van der Waals surface area contributed by atoms with E-state index in [-0.39, 0.29) is 29.8 Å². The summed E-state index contributed by atoms with van der Waals surface area (Å²) in [6, 6.07) is 0.0976. The number of nitrogens with zero attached hydrogens (tertiary/aromatic N) is 1. The molecular weight excluding hydrogens is 206 g/mol. The zero-order valence-electron chi connectivity index (χ0n) is 10.2. The van der Waals surface area contributed by atoms with Crippen molar-refractivity contribution < 1.29 is 9.59 Å². The first-order chi connectivity index (χ1) is 7.41. The zero-order valence-corrected chi connectivity index (χ0v) is 10.2. The van der Waals surface area contributed by atoms with E-state index in [1.807, 2.05) is 13.8 Å². The summed E-state index contributed by atoms with van der Waals surface area (Å²) < 4.78 is 0. The predicted octanol–water partition coefficient (Wildman–Crippen LogP) is -0.292. The number of hydrogen-bond acceptors (Lipinski definition) is 3. The first-order valence-electron chi connectivity index (χ1n) is 5.66. The van der Waals surface area contributed by atoms with E-state index in [4.69, 9.17) is 5.73 Å². The second kappa shape index (κ2) is 4.82. The summed E-state index contributed by atoms with van der Waals surface area (Å²) >= 11 is 0. The van der Waals surface area contributed by atoms with Crippen LogP contribution in [0.15, 0.2) is 0 Å². The van der Waals surface area contributed by atoms with E-state index in [0.29, 0.717) is 6.54 Å². The molecule has 0 radical (unpaired) electrons. The van der Waals surface area contributed by atoms with Gasteiger partial charge in [0.25, 0.3) is 0 Å². The van der Waals surface area contributed by atoms with E-state index >= 15 is 0 Å². The highest BCUT2D eigenvalue weighted by Gasteiger charge is 2.49. The van der Waals surface area contributed by atoms with Crippen LogP contribution in [0.3, 0.4) is 0 Å². The van der Waals surface area contributed by atoms with Crippen LogP contribution < -0.4 is 11.1 Å². The second-order valence-electron chi connectivity index (χ2n) is 4.87. The number of rotatable bonds is 5. The highest BCUT2D eigenvalue weighted by molar-refractivity contribution is 5.89. The fraction of sp³-hybridized carbons (Fsp3) is 0.818. The molecule has 92 valence electrons. The predicted molar refractivity (Wildman–Crippen MR) is 61.6 cm³/mol. The van der Waals surface area contributed by atoms with Gasteiger partial charge in [0.15, 0.2) is 0 Å². The third-order valence-corrected chi connectivity index (χ3v) is 2.88. The van der Waals surface area contributed by atoms with Gasteiger partial charge in [0.2, 0.25) is 11.8 Å². The Balaban J connectivity index is 2.43. The average molecular weight is 227 g/mol. The molecular formula is C11H21N3O2. The third-order valence-electron chi connectivity index (χ3n) is 2.88. The molecule has 5 heteroatoms. The van der Waals surface area contributed by atoms with Crippen molar-refractivity contribution in [3.63, 3.8) is 0 Å². The highest BCUT2D eigenvalue weighted by Crippen LogP contribution is 2.45. The molecule has 0 bridgehead atoms. The molecule has 1 saturated carbocycles. The summed E-state index contributed by atoms with van der Waals surface area (Å²) in [6.07, 6.45) is 1.69. The summed E-state index contributed by atoms with van der Waals surface area (Å²) in [6.45, 7) is 4.27. The van der Waals surface area contributed by atoms with Crippen molar-refractivity contribution in [2.75, 3.05) is 20.1 Å². The van der Waals surface area contributed by atoms with Crippen LogP contribution in [0, 0.1) is 5.41 Å². The van der Waals surface area contributed by atoms with E-state index in [2.05, 4.69) is 5.32 Å². The molecule has 0 atom stereocenters. The van der Waals surface area contributed by atoms with Crippen LogP contribution in [0.4, 0.5) is 0 Å². The monoisotopic (exact) mass is 227 g/mol. The molecule has 1 aliphatic carbocycles.